The van der Waals surface area contributed by atoms with E-state index in [9.17, 15) is 5.11 Å². The minimum Gasteiger partial charge on any atom is -0.494 e. The van der Waals surface area contributed by atoms with Crippen LogP contribution in [0.4, 0.5) is 5.69 Å². The number of nitrogens with zero attached hydrogens (tertiary/aromatic N) is 1. The van der Waals surface area contributed by atoms with Gasteiger partial charge in [0.25, 0.3) is 0 Å². The summed E-state index contributed by atoms with van der Waals surface area (Å²) in [6.07, 6.45) is 3.60. The van der Waals surface area contributed by atoms with Crippen LogP contribution >= 0.6 is 0 Å². The van der Waals surface area contributed by atoms with Gasteiger partial charge in [0.1, 0.15) is 5.75 Å². The zero-order valence-electron chi connectivity index (χ0n) is 12.6. The van der Waals surface area contributed by atoms with E-state index in [2.05, 4.69) is 17.3 Å². The normalized spacial score (nSPS) is 20.4. The lowest BCUT2D eigenvalue weighted by atomic mass is 10.1. The van der Waals surface area contributed by atoms with Gasteiger partial charge in [0.05, 0.1) is 13.2 Å². The van der Waals surface area contributed by atoms with Crippen molar-refractivity contribution in [3.05, 3.63) is 23.8 Å². The summed E-state index contributed by atoms with van der Waals surface area (Å²) < 4.78 is 5.51. The highest BCUT2D eigenvalue weighted by Crippen LogP contribution is 2.24. The van der Waals surface area contributed by atoms with E-state index in [4.69, 9.17) is 4.74 Å². The third kappa shape index (κ3) is 4.12. The standard InChI is InChI=1S/C16H26N2O2/c1-3-20-16-7-6-15(11-13(16)12-19)17-14-5-4-9-18(2)10-8-14/h6-7,11,14,17,19H,3-5,8-10,12H2,1-2H3. The summed E-state index contributed by atoms with van der Waals surface area (Å²) in [6.45, 7) is 4.91. The molecule has 2 N–H and O–H groups in total. The fraction of sp³-hybridized carbons (Fsp3) is 0.625. The predicted molar refractivity (Wildman–Crippen MR) is 82.3 cm³/mol. The molecule has 1 unspecified atom stereocenters. The molecule has 4 nitrogen and oxygen atoms in total. The second-order valence-corrected chi connectivity index (χ2v) is 5.49. The molecule has 0 amide bonds. The molecule has 1 aromatic rings. The summed E-state index contributed by atoms with van der Waals surface area (Å²) in [5.41, 5.74) is 1.93. The summed E-state index contributed by atoms with van der Waals surface area (Å²) in [6, 6.07) is 6.50. The van der Waals surface area contributed by atoms with Gasteiger partial charge in [-0.3, -0.25) is 0 Å². The summed E-state index contributed by atoms with van der Waals surface area (Å²) in [4.78, 5) is 2.39. The van der Waals surface area contributed by atoms with E-state index in [1.54, 1.807) is 0 Å². The molecule has 0 saturated carbocycles. The molecule has 1 atom stereocenters. The first-order valence-corrected chi connectivity index (χ1v) is 7.54. The van der Waals surface area contributed by atoms with Crippen LogP contribution in [-0.2, 0) is 6.61 Å². The Hall–Kier alpha value is -1.26. The number of ether oxygens (including phenoxy) is 1. The molecule has 0 spiro atoms. The zero-order valence-corrected chi connectivity index (χ0v) is 12.6. The molecule has 1 fully saturated rings. The molecule has 0 aliphatic carbocycles. The van der Waals surface area contributed by atoms with Crippen LogP contribution in [0.5, 0.6) is 5.75 Å². The van der Waals surface area contributed by atoms with Crippen LogP contribution in [0.1, 0.15) is 31.7 Å². The topological polar surface area (TPSA) is 44.7 Å². The van der Waals surface area contributed by atoms with E-state index in [-0.39, 0.29) is 6.61 Å². The lowest BCUT2D eigenvalue weighted by Gasteiger charge is -2.19. The predicted octanol–water partition coefficient (Wildman–Crippen LogP) is 2.47. The van der Waals surface area contributed by atoms with E-state index in [0.717, 1.165) is 30.0 Å². The van der Waals surface area contributed by atoms with Gasteiger partial charge < -0.3 is 20.1 Å². The van der Waals surface area contributed by atoms with Gasteiger partial charge in [-0.25, -0.2) is 0 Å². The van der Waals surface area contributed by atoms with Gasteiger partial charge in [-0.15, -0.1) is 0 Å². The number of anilines is 1. The molecule has 112 valence electrons. The van der Waals surface area contributed by atoms with Gasteiger partial charge in [0.15, 0.2) is 0 Å². The Balaban J connectivity index is 2.01. The van der Waals surface area contributed by atoms with Crippen molar-refractivity contribution in [1.29, 1.82) is 0 Å². The van der Waals surface area contributed by atoms with Gasteiger partial charge in [-0.05, 0) is 64.5 Å². The van der Waals surface area contributed by atoms with Crippen LogP contribution in [0.2, 0.25) is 0 Å². The van der Waals surface area contributed by atoms with Gasteiger partial charge in [0, 0.05) is 17.3 Å². The maximum atomic E-state index is 9.44. The van der Waals surface area contributed by atoms with Gasteiger partial charge in [-0.1, -0.05) is 0 Å². The number of benzene rings is 1. The SMILES string of the molecule is CCOc1ccc(NC2CCCN(C)CC2)cc1CO. The van der Waals surface area contributed by atoms with Crippen LogP contribution in [0.3, 0.4) is 0 Å². The van der Waals surface area contributed by atoms with Crippen LogP contribution in [0.15, 0.2) is 18.2 Å². The summed E-state index contributed by atoms with van der Waals surface area (Å²) in [5.74, 6) is 0.779. The molecule has 0 radical (unpaired) electrons. The quantitative estimate of drug-likeness (QED) is 0.868. The summed E-state index contributed by atoms with van der Waals surface area (Å²) in [5, 5.41) is 13.0. The van der Waals surface area contributed by atoms with E-state index < -0.39 is 0 Å². The zero-order chi connectivity index (χ0) is 14.4. The number of nitrogens with one attached hydrogen (secondary N) is 1. The van der Waals surface area contributed by atoms with Crippen LogP contribution in [0.25, 0.3) is 0 Å². The van der Waals surface area contributed by atoms with Gasteiger partial charge >= 0.3 is 0 Å². The minimum absolute atomic E-state index is 0.0122. The first-order valence-electron chi connectivity index (χ1n) is 7.54. The lowest BCUT2D eigenvalue weighted by Crippen LogP contribution is -2.23. The number of rotatable bonds is 5. The minimum atomic E-state index is 0.0122. The number of likely N-dealkylation sites (tertiary alicyclic amines) is 1. The molecule has 1 heterocycles. The summed E-state index contributed by atoms with van der Waals surface area (Å²) >= 11 is 0. The first-order chi connectivity index (χ1) is 9.72. The smallest absolute Gasteiger partial charge is 0.124 e. The molecule has 0 aromatic heterocycles. The highest BCUT2D eigenvalue weighted by molar-refractivity contribution is 5.51. The molecular weight excluding hydrogens is 252 g/mol. The van der Waals surface area contributed by atoms with Gasteiger partial charge in [-0.2, -0.15) is 0 Å². The Morgan fingerprint density at radius 3 is 2.95 bits per heavy atom. The Morgan fingerprint density at radius 2 is 2.20 bits per heavy atom. The number of aliphatic hydroxyl groups excluding tert-OH is 1. The Morgan fingerprint density at radius 1 is 1.35 bits per heavy atom. The van der Waals surface area contributed by atoms with E-state index in [1.165, 1.54) is 19.4 Å². The van der Waals surface area contributed by atoms with Crippen molar-refractivity contribution in [2.75, 3.05) is 32.1 Å². The number of hydrogen-bond acceptors (Lipinski definition) is 4. The molecule has 2 rings (SSSR count). The average molecular weight is 278 g/mol. The van der Waals surface area contributed by atoms with Gasteiger partial charge in [0.2, 0.25) is 0 Å². The Labute approximate surface area is 121 Å². The molecule has 1 saturated heterocycles. The number of aliphatic hydroxyl groups is 1. The molecule has 1 aromatic carbocycles. The second-order valence-electron chi connectivity index (χ2n) is 5.49. The molecule has 20 heavy (non-hydrogen) atoms. The van der Waals surface area contributed by atoms with Crippen molar-refractivity contribution in [2.24, 2.45) is 0 Å². The lowest BCUT2D eigenvalue weighted by molar-refractivity contribution is 0.267. The highest BCUT2D eigenvalue weighted by atomic mass is 16.5. The van der Waals surface area contributed by atoms with Crippen molar-refractivity contribution in [3.8, 4) is 5.75 Å². The van der Waals surface area contributed by atoms with Crippen LogP contribution < -0.4 is 10.1 Å². The molecule has 4 heteroatoms. The maximum Gasteiger partial charge on any atom is 0.124 e. The molecule has 0 bridgehead atoms. The largest absolute Gasteiger partial charge is 0.494 e. The maximum absolute atomic E-state index is 9.44. The second kappa shape index (κ2) is 7.50. The molecular formula is C16H26N2O2. The fourth-order valence-electron chi connectivity index (χ4n) is 2.71. The van der Waals surface area contributed by atoms with Crippen LogP contribution in [0, 0.1) is 0 Å². The van der Waals surface area contributed by atoms with Crippen molar-refractivity contribution in [3.63, 3.8) is 0 Å². The summed E-state index contributed by atoms with van der Waals surface area (Å²) in [7, 11) is 2.18. The van der Waals surface area contributed by atoms with Crippen molar-refractivity contribution in [1.82, 2.24) is 4.90 Å². The van der Waals surface area contributed by atoms with Crippen molar-refractivity contribution in [2.45, 2.75) is 38.8 Å². The average Bonchev–Trinajstić information content (AvgIpc) is 2.66. The molecule has 1 aliphatic rings. The molecule has 1 aliphatic heterocycles. The Kier molecular flexibility index (Phi) is 5.68. The van der Waals surface area contributed by atoms with Crippen molar-refractivity contribution >= 4 is 5.69 Å². The first kappa shape index (κ1) is 15.1. The van der Waals surface area contributed by atoms with Crippen molar-refractivity contribution < 1.29 is 9.84 Å². The van der Waals surface area contributed by atoms with E-state index >= 15 is 0 Å². The van der Waals surface area contributed by atoms with E-state index in [0.29, 0.717) is 12.6 Å². The monoisotopic (exact) mass is 278 g/mol. The fourth-order valence-corrected chi connectivity index (χ4v) is 2.71. The number of hydrogen-bond donors (Lipinski definition) is 2. The Bertz CT molecular complexity index is 423. The van der Waals surface area contributed by atoms with Crippen LogP contribution in [-0.4, -0.2) is 42.8 Å². The highest BCUT2D eigenvalue weighted by Gasteiger charge is 2.15. The van der Waals surface area contributed by atoms with E-state index in [1.807, 2.05) is 25.1 Å². The third-order valence-corrected chi connectivity index (χ3v) is 3.85. The third-order valence-electron chi connectivity index (χ3n) is 3.85.